The molecule has 33 heavy (non-hydrogen) atoms. The van der Waals surface area contributed by atoms with Crippen LogP contribution in [-0.2, 0) is 27.6 Å². The fourth-order valence-corrected chi connectivity index (χ4v) is 8.64. The SMILES string of the molecule is CN1CC[C@]23c4c5ccc(O)c4O[C@H]2[C@H](N(C)S(=O)(=O)Cc2ccccc2)CC[C@@]3(O)[C@H]1C5. The van der Waals surface area contributed by atoms with E-state index in [1.54, 1.807) is 13.1 Å². The molecule has 6 rings (SSSR count). The molecule has 2 aliphatic heterocycles. The maximum absolute atomic E-state index is 13.4. The summed E-state index contributed by atoms with van der Waals surface area (Å²) < 4.78 is 34.8. The first-order valence-electron chi connectivity index (χ1n) is 11.6. The van der Waals surface area contributed by atoms with Crippen molar-refractivity contribution in [3.05, 3.63) is 59.2 Å². The van der Waals surface area contributed by atoms with Crippen LogP contribution in [0.3, 0.4) is 0 Å². The van der Waals surface area contributed by atoms with E-state index in [4.69, 9.17) is 4.74 Å². The molecule has 2 N–H and O–H groups in total. The number of phenolic OH excluding ortho intramolecular Hbond substituents is 1. The lowest BCUT2D eigenvalue weighted by Gasteiger charge is -2.64. The van der Waals surface area contributed by atoms with Crippen LogP contribution in [0.2, 0.25) is 0 Å². The molecule has 2 aromatic rings. The van der Waals surface area contributed by atoms with Crippen molar-refractivity contribution in [1.29, 1.82) is 0 Å². The number of phenols is 1. The summed E-state index contributed by atoms with van der Waals surface area (Å²) in [6.45, 7) is 0.786. The molecule has 2 aromatic carbocycles. The van der Waals surface area contributed by atoms with Crippen molar-refractivity contribution >= 4 is 10.0 Å². The number of benzene rings is 2. The Hall–Kier alpha value is -2.13. The van der Waals surface area contributed by atoms with Gasteiger partial charge in [-0.1, -0.05) is 36.4 Å². The molecule has 5 atom stereocenters. The predicted molar refractivity (Wildman–Crippen MR) is 124 cm³/mol. The summed E-state index contributed by atoms with van der Waals surface area (Å²) in [4.78, 5) is 2.23. The lowest BCUT2D eigenvalue weighted by molar-refractivity contribution is -0.191. The Labute approximate surface area is 194 Å². The van der Waals surface area contributed by atoms with Gasteiger partial charge >= 0.3 is 0 Å². The van der Waals surface area contributed by atoms with Crippen molar-refractivity contribution in [2.45, 2.75) is 60.6 Å². The monoisotopic (exact) mass is 470 g/mol. The summed E-state index contributed by atoms with van der Waals surface area (Å²) in [5.41, 5.74) is 0.963. The summed E-state index contributed by atoms with van der Waals surface area (Å²) in [6, 6.07) is 12.3. The molecule has 0 aromatic heterocycles. The van der Waals surface area contributed by atoms with Crippen LogP contribution in [0.5, 0.6) is 11.5 Å². The van der Waals surface area contributed by atoms with E-state index in [0.717, 1.165) is 23.2 Å². The van der Waals surface area contributed by atoms with Crippen molar-refractivity contribution in [3.63, 3.8) is 0 Å². The van der Waals surface area contributed by atoms with Gasteiger partial charge < -0.3 is 19.8 Å². The van der Waals surface area contributed by atoms with E-state index < -0.39 is 33.2 Å². The third-order valence-electron chi connectivity index (χ3n) is 8.80. The van der Waals surface area contributed by atoms with Gasteiger partial charge in [0.15, 0.2) is 11.5 Å². The number of aromatic hydroxyl groups is 1. The minimum Gasteiger partial charge on any atom is -0.504 e. The lowest BCUT2D eigenvalue weighted by atomic mass is 9.48. The maximum atomic E-state index is 13.4. The molecule has 2 fully saturated rings. The zero-order chi connectivity index (χ0) is 23.2. The molecule has 8 heteroatoms. The topological polar surface area (TPSA) is 90.3 Å². The predicted octanol–water partition coefficient (Wildman–Crippen LogP) is 2.01. The van der Waals surface area contributed by atoms with Gasteiger partial charge in [0.1, 0.15) is 6.10 Å². The Bertz CT molecular complexity index is 1220. The number of rotatable bonds is 4. The molecule has 1 saturated heterocycles. The van der Waals surface area contributed by atoms with Crippen LogP contribution in [0.4, 0.5) is 0 Å². The van der Waals surface area contributed by atoms with Crippen molar-refractivity contribution < 1.29 is 23.4 Å². The van der Waals surface area contributed by atoms with Crippen LogP contribution >= 0.6 is 0 Å². The molecule has 176 valence electrons. The molecular weight excluding hydrogens is 440 g/mol. The highest BCUT2D eigenvalue weighted by molar-refractivity contribution is 7.88. The number of aliphatic hydroxyl groups is 1. The van der Waals surface area contributed by atoms with Crippen LogP contribution in [0.15, 0.2) is 42.5 Å². The lowest BCUT2D eigenvalue weighted by Crippen LogP contribution is -2.77. The minimum atomic E-state index is -3.62. The highest BCUT2D eigenvalue weighted by Gasteiger charge is 2.73. The van der Waals surface area contributed by atoms with E-state index >= 15 is 0 Å². The summed E-state index contributed by atoms with van der Waals surface area (Å²) >= 11 is 0. The Morgan fingerprint density at radius 2 is 1.94 bits per heavy atom. The molecule has 1 spiro atoms. The Balaban J connectivity index is 1.45. The van der Waals surface area contributed by atoms with Gasteiger partial charge in [0.2, 0.25) is 10.0 Å². The zero-order valence-electron chi connectivity index (χ0n) is 18.9. The van der Waals surface area contributed by atoms with Crippen LogP contribution in [-0.4, -0.2) is 72.3 Å². The number of piperidine rings is 1. The minimum absolute atomic E-state index is 0.0609. The molecule has 2 heterocycles. The Morgan fingerprint density at radius 1 is 1.18 bits per heavy atom. The van der Waals surface area contributed by atoms with Crippen molar-refractivity contribution in [1.82, 2.24) is 9.21 Å². The van der Waals surface area contributed by atoms with Crippen LogP contribution < -0.4 is 4.74 Å². The third kappa shape index (κ3) is 2.69. The first-order valence-corrected chi connectivity index (χ1v) is 13.2. The van der Waals surface area contributed by atoms with Crippen molar-refractivity contribution in [2.75, 3.05) is 20.6 Å². The van der Waals surface area contributed by atoms with Gasteiger partial charge in [-0.05, 0) is 56.5 Å². The van der Waals surface area contributed by atoms with Gasteiger partial charge in [-0.2, -0.15) is 4.31 Å². The molecule has 0 radical (unpaired) electrons. The average molecular weight is 471 g/mol. The van der Waals surface area contributed by atoms with Gasteiger partial charge in [0, 0.05) is 18.7 Å². The quantitative estimate of drug-likeness (QED) is 0.711. The molecule has 4 aliphatic rings. The second-order valence-electron chi connectivity index (χ2n) is 10.2. The van der Waals surface area contributed by atoms with Gasteiger partial charge in [-0.3, -0.25) is 0 Å². The van der Waals surface area contributed by atoms with Crippen molar-refractivity contribution in [3.8, 4) is 11.5 Å². The number of ether oxygens (including phenoxy) is 1. The molecule has 0 unspecified atom stereocenters. The van der Waals surface area contributed by atoms with Crippen LogP contribution in [0.25, 0.3) is 0 Å². The van der Waals surface area contributed by atoms with Gasteiger partial charge in [-0.15, -0.1) is 0 Å². The van der Waals surface area contributed by atoms with E-state index in [1.807, 2.05) is 36.4 Å². The molecule has 7 nitrogen and oxygen atoms in total. The highest BCUT2D eigenvalue weighted by atomic mass is 32.2. The largest absolute Gasteiger partial charge is 0.504 e. The Morgan fingerprint density at radius 3 is 2.70 bits per heavy atom. The fourth-order valence-electron chi connectivity index (χ4n) is 7.19. The summed E-state index contributed by atoms with van der Waals surface area (Å²) in [5, 5.41) is 22.9. The van der Waals surface area contributed by atoms with E-state index in [1.165, 1.54) is 4.31 Å². The second kappa shape index (κ2) is 6.95. The second-order valence-corrected chi connectivity index (χ2v) is 12.2. The highest BCUT2D eigenvalue weighted by Crippen LogP contribution is 2.65. The summed E-state index contributed by atoms with van der Waals surface area (Å²) in [7, 11) is 0.0611. The zero-order valence-corrected chi connectivity index (χ0v) is 19.8. The molecule has 0 amide bonds. The van der Waals surface area contributed by atoms with E-state index in [9.17, 15) is 18.6 Å². The first kappa shape index (κ1) is 21.4. The number of nitrogens with zero attached hydrogens (tertiary/aromatic N) is 2. The van der Waals surface area contributed by atoms with Crippen LogP contribution in [0, 0.1) is 0 Å². The van der Waals surface area contributed by atoms with Gasteiger partial charge in [-0.25, -0.2) is 8.42 Å². The van der Waals surface area contributed by atoms with E-state index in [-0.39, 0.29) is 17.5 Å². The fraction of sp³-hybridized carbons (Fsp3) is 0.520. The normalized spacial score (nSPS) is 34.7. The summed E-state index contributed by atoms with van der Waals surface area (Å²) in [5.74, 6) is 0.407. The van der Waals surface area contributed by atoms with Gasteiger partial charge in [0.05, 0.1) is 22.8 Å². The van der Waals surface area contributed by atoms with E-state index in [2.05, 4.69) is 11.9 Å². The molecule has 2 bridgehead atoms. The molecular formula is C25H30N2O5S. The third-order valence-corrected chi connectivity index (χ3v) is 10.6. The number of likely N-dealkylation sites (tertiary alicyclic amines) is 1. The summed E-state index contributed by atoms with van der Waals surface area (Å²) in [6.07, 6.45) is 1.80. The number of likely N-dealkylation sites (N-methyl/N-ethyl adjacent to an activating group) is 2. The standard InChI is InChI=1S/C25H30N2O5S/c1-26-13-12-24-21-17-8-9-19(28)22(21)32-23(24)18(10-11-25(24,29)20(26)14-17)27(2)33(30,31)15-16-6-4-3-5-7-16/h3-9,18,20,23,28-29H,10-15H2,1-2H3/t18-,20-,23+,24+,25-/m1/s1. The number of hydrogen-bond acceptors (Lipinski definition) is 6. The maximum Gasteiger partial charge on any atom is 0.218 e. The first-order chi connectivity index (χ1) is 15.7. The van der Waals surface area contributed by atoms with E-state index in [0.29, 0.717) is 31.4 Å². The number of hydrogen-bond donors (Lipinski definition) is 2. The van der Waals surface area contributed by atoms with Crippen LogP contribution in [0.1, 0.15) is 36.0 Å². The Kier molecular flexibility index (Phi) is 4.51. The van der Waals surface area contributed by atoms with Gasteiger partial charge in [0.25, 0.3) is 0 Å². The molecule has 2 aliphatic carbocycles. The smallest absolute Gasteiger partial charge is 0.218 e. The number of sulfonamides is 1. The van der Waals surface area contributed by atoms with Crippen molar-refractivity contribution in [2.24, 2.45) is 0 Å². The average Bonchev–Trinajstić information content (AvgIpc) is 3.14. The molecule has 1 saturated carbocycles.